The van der Waals surface area contributed by atoms with E-state index in [1.807, 2.05) is 42.5 Å². The number of rotatable bonds is 5. The number of carbonyl (C=O) groups excluding carboxylic acids is 3. The highest BCUT2D eigenvalue weighted by atomic mass is 16.2. The zero-order chi connectivity index (χ0) is 22.8. The second-order valence-corrected chi connectivity index (χ2v) is 7.96. The van der Waals surface area contributed by atoms with Gasteiger partial charge in [-0.2, -0.15) is 0 Å². The second kappa shape index (κ2) is 8.67. The third-order valence-corrected chi connectivity index (χ3v) is 6.02. The first kappa shape index (κ1) is 20.6. The molecule has 1 amide bonds. The number of benzene rings is 3. The molecule has 4 aromatic rings. The van der Waals surface area contributed by atoms with Gasteiger partial charge in [0, 0.05) is 29.4 Å². The Hall–Kier alpha value is -4.32. The Balaban J connectivity index is 1.64. The van der Waals surface area contributed by atoms with Crippen LogP contribution in [0.3, 0.4) is 0 Å². The van der Waals surface area contributed by atoms with Gasteiger partial charge < -0.3 is 5.32 Å². The lowest BCUT2D eigenvalue weighted by molar-refractivity contribution is 0.0723. The Bertz CT molecular complexity index is 1300. The second-order valence-electron chi connectivity index (χ2n) is 7.96. The van der Waals surface area contributed by atoms with Crippen molar-refractivity contribution >= 4 is 17.6 Å². The van der Waals surface area contributed by atoms with Gasteiger partial charge in [-0.15, -0.1) is 0 Å². The fourth-order valence-corrected chi connectivity index (χ4v) is 4.48. The minimum absolute atomic E-state index is 0.150. The number of Topliss-reactive ketones (excluding diaryl/α,β-unsaturated/α-hetero) is 1. The van der Waals surface area contributed by atoms with Gasteiger partial charge in [0.05, 0.1) is 5.92 Å². The lowest BCUT2D eigenvalue weighted by Crippen LogP contribution is -2.53. The van der Waals surface area contributed by atoms with E-state index in [4.69, 9.17) is 0 Å². The molecule has 0 bridgehead atoms. The average Bonchev–Trinajstić information content (AvgIpc) is 3.37. The van der Waals surface area contributed by atoms with Crippen LogP contribution in [0.25, 0.3) is 0 Å². The van der Waals surface area contributed by atoms with Crippen molar-refractivity contribution in [3.05, 3.63) is 126 Å². The van der Waals surface area contributed by atoms with Gasteiger partial charge in [0.15, 0.2) is 5.78 Å². The zero-order valence-corrected chi connectivity index (χ0v) is 17.7. The van der Waals surface area contributed by atoms with E-state index in [1.165, 1.54) is 10.8 Å². The van der Waals surface area contributed by atoms with Gasteiger partial charge in [-0.1, -0.05) is 78.9 Å². The number of nitrogens with one attached hydrogen (secondary N) is 1. The molecule has 0 fully saturated rings. The number of hydrogen-bond donors (Lipinski definition) is 1. The summed E-state index contributed by atoms with van der Waals surface area (Å²) in [5.74, 6) is -1.82. The van der Waals surface area contributed by atoms with E-state index in [0.717, 1.165) is 5.56 Å². The number of amides is 1. The van der Waals surface area contributed by atoms with Gasteiger partial charge in [0.25, 0.3) is 11.8 Å². The zero-order valence-electron chi connectivity index (χ0n) is 17.7. The van der Waals surface area contributed by atoms with Crippen molar-refractivity contribution in [2.75, 3.05) is 0 Å². The van der Waals surface area contributed by atoms with Crippen molar-refractivity contribution < 1.29 is 14.4 Å². The normalized spacial score (nSPS) is 19.5. The Kier molecular flexibility index (Phi) is 5.40. The Labute approximate surface area is 190 Å². The van der Waals surface area contributed by atoms with Gasteiger partial charge in [-0.05, 0) is 17.7 Å². The lowest BCUT2D eigenvalue weighted by atomic mass is 9.74. The van der Waals surface area contributed by atoms with Crippen LogP contribution >= 0.6 is 0 Å². The number of ketones is 1. The van der Waals surface area contributed by atoms with Crippen LogP contribution in [0.4, 0.5) is 0 Å². The Morgan fingerprint density at radius 2 is 1.36 bits per heavy atom. The van der Waals surface area contributed by atoms with Crippen LogP contribution in [-0.4, -0.2) is 33.2 Å². The number of imidazole rings is 1. The first-order valence-electron chi connectivity index (χ1n) is 10.7. The number of aromatic nitrogens is 2. The van der Waals surface area contributed by atoms with Crippen LogP contribution in [0.1, 0.15) is 48.7 Å². The summed E-state index contributed by atoms with van der Waals surface area (Å²) in [6.45, 7) is 0. The standard InChI is InChI=1S/C27H21N3O3/c31-24(19-12-6-2-7-13-19)22-21(18-10-4-1-5-11-18)23(27(33)30-17-16-28-25(22)30)29-26(32)20-14-8-3-9-15-20/h1-17,21-23H,(H,29,32)/t21-,22+,23-/m0/s1. The molecule has 0 radical (unpaired) electrons. The van der Waals surface area contributed by atoms with Crippen molar-refractivity contribution in [3.8, 4) is 0 Å². The van der Waals surface area contributed by atoms with Crippen LogP contribution in [-0.2, 0) is 0 Å². The first-order chi connectivity index (χ1) is 16.1. The molecule has 0 spiro atoms. The molecule has 2 heterocycles. The molecule has 33 heavy (non-hydrogen) atoms. The summed E-state index contributed by atoms with van der Waals surface area (Å²) in [5.41, 5.74) is 1.76. The van der Waals surface area contributed by atoms with E-state index in [0.29, 0.717) is 17.0 Å². The fourth-order valence-electron chi connectivity index (χ4n) is 4.48. The largest absolute Gasteiger partial charge is 0.340 e. The Morgan fingerprint density at radius 3 is 2.00 bits per heavy atom. The summed E-state index contributed by atoms with van der Waals surface area (Å²) in [7, 11) is 0. The summed E-state index contributed by atoms with van der Waals surface area (Å²) in [6, 6.07) is 26.1. The van der Waals surface area contributed by atoms with Gasteiger partial charge >= 0.3 is 0 Å². The van der Waals surface area contributed by atoms with Gasteiger partial charge in [0.2, 0.25) is 0 Å². The third kappa shape index (κ3) is 3.76. The molecule has 1 aliphatic rings. The average molecular weight is 435 g/mol. The number of hydrogen-bond acceptors (Lipinski definition) is 4. The number of carbonyl (C=O) groups is 3. The molecule has 1 aliphatic heterocycles. The van der Waals surface area contributed by atoms with Gasteiger partial charge in [-0.3, -0.25) is 19.0 Å². The summed E-state index contributed by atoms with van der Waals surface area (Å²) in [6.07, 6.45) is 3.06. The van der Waals surface area contributed by atoms with Crippen molar-refractivity contribution in [3.63, 3.8) is 0 Å². The molecule has 0 saturated carbocycles. The van der Waals surface area contributed by atoms with Crippen molar-refractivity contribution in [1.82, 2.24) is 14.9 Å². The maximum Gasteiger partial charge on any atom is 0.255 e. The predicted octanol–water partition coefficient (Wildman–Crippen LogP) is 4.09. The first-order valence-corrected chi connectivity index (χ1v) is 10.7. The third-order valence-electron chi connectivity index (χ3n) is 6.02. The summed E-state index contributed by atoms with van der Waals surface area (Å²) in [5, 5.41) is 2.91. The van der Waals surface area contributed by atoms with E-state index in [9.17, 15) is 14.4 Å². The highest BCUT2D eigenvalue weighted by Crippen LogP contribution is 2.41. The fraction of sp³-hybridized carbons (Fsp3) is 0.111. The van der Waals surface area contributed by atoms with Crippen LogP contribution in [0.2, 0.25) is 0 Å². The molecule has 0 saturated heterocycles. The summed E-state index contributed by atoms with van der Waals surface area (Å²) < 4.78 is 1.39. The van der Waals surface area contributed by atoms with Crippen LogP contribution < -0.4 is 5.32 Å². The molecule has 6 heteroatoms. The van der Waals surface area contributed by atoms with E-state index in [-0.39, 0.29) is 17.6 Å². The molecule has 3 aromatic carbocycles. The molecule has 0 unspecified atom stereocenters. The minimum atomic E-state index is -0.945. The quantitative estimate of drug-likeness (QED) is 0.479. The van der Waals surface area contributed by atoms with E-state index < -0.39 is 17.9 Å². The van der Waals surface area contributed by atoms with Gasteiger partial charge in [0.1, 0.15) is 11.9 Å². The predicted molar refractivity (Wildman–Crippen MR) is 123 cm³/mol. The van der Waals surface area contributed by atoms with E-state index >= 15 is 0 Å². The molecule has 162 valence electrons. The molecular weight excluding hydrogens is 414 g/mol. The van der Waals surface area contributed by atoms with Crippen LogP contribution in [0, 0.1) is 0 Å². The van der Waals surface area contributed by atoms with Crippen molar-refractivity contribution in [2.24, 2.45) is 0 Å². The smallest absolute Gasteiger partial charge is 0.255 e. The maximum atomic E-state index is 13.8. The summed E-state index contributed by atoms with van der Waals surface area (Å²) >= 11 is 0. The SMILES string of the molecule is O=C(N[C@@H]1C(=O)n2ccnc2[C@@H](C(=O)c2ccccc2)[C@@H]1c1ccccc1)c1ccccc1. The molecule has 3 atom stereocenters. The molecule has 1 aromatic heterocycles. The number of nitrogens with zero attached hydrogens (tertiary/aromatic N) is 2. The summed E-state index contributed by atoms with van der Waals surface area (Å²) in [4.78, 5) is 44.8. The maximum absolute atomic E-state index is 13.8. The van der Waals surface area contributed by atoms with Crippen LogP contribution in [0.5, 0.6) is 0 Å². The Morgan fingerprint density at radius 1 is 0.788 bits per heavy atom. The van der Waals surface area contributed by atoms with Crippen molar-refractivity contribution in [1.29, 1.82) is 0 Å². The topological polar surface area (TPSA) is 81.1 Å². The molecular formula is C27H21N3O3. The molecule has 0 aliphatic carbocycles. The molecule has 6 nitrogen and oxygen atoms in total. The number of fused-ring (bicyclic) bond motifs is 1. The van der Waals surface area contributed by atoms with Gasteiger partial charge in [-0.25, -0.2) is 4.98 Å². The highest BCUT2D eigenvalue weighted by Gasteiger charge is 2.48. The highest BCUT2D eigenvalue weighted by molar-refractivity contribution is 6.05. The molecule has 5 rings (SSSR count). The van der Waals surface area contributed by atoms with E-state index in [2.05, 4.69) is 10.3 Å². The van der Waals surface area contributed by atoms with Crippen molar-refractivity contribution in [2.45, 2.75) is 17.9 Å². The molecule has 1 N–H and O–H groups in total. The van der Waals surface area contributed by atoms with E-state index in [1.54, 1.807) is 54.7 Å². The lowest BCUT2D eigenvalue weighted by Gasteiger charge is -2.37. The van der Waals surface area contributed by atoms with Crippen LogP contribution in [0.15, 0.2) is 103 Å². The monoisotopic (exact) mass is 435 g/mol. The minimum Gasteiger partial charge on any atom is -0.340 e.